The molecule has 0 N–H and O–H groups in total. The summed E-state index contributed by atoms with van der Waals surface area (Å²) in [4.78, 5) is 35.2. The summed E-state index contributed by atoms with van der Waals surface area (Å²) in [6.45, 7) is 14.1. The number of anilines is 1. The molecule has 1 saturated heterocycles. The van der Waals surface area contributed by atoms with Crippen LogP contribution >= 0.6 is 11.6 Å². The number of urea groups is 1. The molecule has 2 aliphatic rings. The molecule has 33 heavy (non-hydrogen) atoms. The number of aromatic nitrogens is 2. The van der Waals surface area contributed by atoms with Gasteiger partial charge in [-0.2, -0.15) is 0 Å². The number of esters is 1. The Labute approximate surface area is 199 Å². The van der Waals surface area contributed by atoms with E-state index in [1.807, 2.05) is 64.0 Å². The third kappa shape index (κ3) is 3.99. The summed E-state index contributed by atoms with van der Waals surface area (Å²) >= 11 is 6.37. The first-order valence-corrected chi connectivity index (χ1v) is 11.5. The Morgan fingerprint density at radius 2 is 1.79 bits per heavy atom. The second-order valence-electron chi connectivity index (χ2n) is 10.3. The Balaban J connectivity index is 1.89. The van der Waals surface area contributed by atoms with Crippen LogP contribution in [0.5, 0.6) is 0 Å². The van der Waals surface area contributed by atoms with Gasteiger partial charge in [-0.15, -0.1) is 0 Å². The lowest BCUT2D eigenvalue weighted by Crippen LogP contribution is -2.61. The van der Waals surface area contributed by atoms with Crippen LogP contribution in [0.2, 0.25) is 5.02 Å². The molecule has 8 nitrogen and oxygen atoms in total. The van der Waals surface area contributed by atoms with Gasteiger partial charge < -0.3 is 14.4 Å². The molecule has 3 heterocycles. The molecular weight excluding hydrogens is 444 g/mol. The third-order valence-electron chi connectivity index (χ3n) is 6.02. The molecule has 2 atom stereocenters. The zero-order chi connectivity index (χ0) is 24.3. The summed E-state index contributed by atoms with van der Waals surface area (Å²) in [5, 5.41) is 0.515. The molecule has 2 amide bonds. The Morgan fingerprint density at radius 3 is 2.39 bits per heavy atom. The van der Waals surface area contributed by atoms with E-state index in [4.69, 9.17) is 21.1 Å². The summed E-state index contributed by atoms with van der Waals surface area (Å²) in [7, 11) is 0. The zero-order valence-electron chi connectivity index (χ0n) is 20.2. The third-order valence-corrected chi connectivity index (χ3v) is 6.25. The van der Waals surface area contributed by atoms with Crippen molar-refractivity contribution in [1.82, 2.24) is 14.5 Å². The molecule has 9 heteroatoms. The quantitative estimate of drug-likeness (QED) is 0.556. The van der Waals surface area contributed by atoms with Gasteiger partial charge in [0.1, 0.15) is 11.9 Å². The van der Waals surface area contributed by atoms with Crippen molar-refractivity contribution >= 4 is 29.3 Å². The molecule has 2 aromatic rings. The molecule has 0 saturated carbocycles. The van der Waals surface area contributed by atoms with Gasteiger partial charge in [0.2, 0.25) is 0 Å². The first kappa shape index (κ1) is 23.6. The molecule has 0 aliphatic carbocycles. The van der Waals surface area contributed by atoms with Crippen molar-refractivity contribution in [1.29, 1.82) is 0 Å². The predicted octanol–water partition coefficient (Wildman–Crippen LogP) is 4.77. The van der Waals surface area contributed by atoms with Crippen LogP contribution in [0.15, 0.2) is 24.5 Å². The highest BCUT2D eigenvalue weighted by Gasteiger charge is 2.48. The van der Waals surface area contributed by atoms with Crippen molar-refractivity contribution in [3.63, 3.8) is 0 Å². The summed E-state index contributed by atoms with van der Waals surface area (Å²) in [5.74, 6) is -0.526. The van der Waals surface area contributed by atoms with E-state index in [1.165, 1.54) is 0 Å². The molecule has 2 unspecified atom stereocenters. The molecule has 1 fully saturated rings. The van der Waals surface area contributed by atoms with Gasteiger partial charge in [-0.25, -0.2) is 14.6 Å². The minimum absolute atomic E-state index is 0.100. The summed E-state index contributed by atoms with van der Waals surface area (Å²) < 4.78 is 13.1. The van der Waals surface area contributed by atoms with Crippen molar-refractivity contribution < 1.29 is 19.1 Å². The summed E-state index contributed by atoms with van der Waals surface area (Å²) in [6.07, 6.45) is 1.60. The number of hydrogen-bond acceptors (Lipinski definition) is 5. The average Bonchev–Trinajstić information content (AvgIpc) is 3.13. The van der Waals surface area contributed by atoms with E-state index in [1.54, 1.807) is 23.4 Å². The van der Waals surface area contributed by atoms with Crippen LogP contribution in [0.25, 0.3) is 5.69 Å². The normalized spacial score (nSPS) is 21.9. The fourth-order valence-electron chi connectivity index (χ4n) is 4.72. The van der Waals surface area contributed by atoms with Gasteiger partial charge in [0.25, 0.3) is 0 Å². The smallest absolute Gasteiger partial charge is 0.359 e. The second kappa shape index (κ2) is 8.02. The monoisotopic (exact) mass is 474 g/mol. The van der Waals surface area contributed by atoms with E-state index in [0.29, 0.717) is 29.6 Å². The lowest BCUT2D eigenvalue weighted by Gasteiger charge is -2.49. The van der Waals surface area contributed by atoms with Crippen molar-refractivity contribution in [2.24, 2.45) is 0 Å². The number of amides is 2. The molecular formula is C24H31ClN4O4. The van der Waals surface area contributed by atoms with Crippen LogP contribution in [-0.4, -0.2) is 57.3 Å². The van der Waals surface area contributed by atoms with Crippen LogP contribution in [0.1, 0.15) is 64.6 Å². The molecule has 0 spiro atoms. The Bertz CT molecular complexity index is 1090. The number of halogens is 1. The lowest BCUT2D eigenvalue weighted by atomic mass is 9.91. The van der Waals surface area contributed by atoms with Gasteiger partial charge in [0, 0.05) is 5.02 Å². The Kier molecular flexibility index (Phi) is 5.73. The van der Waals surface area contributed by atoms with Gasteiger partial charge in [-0.3, -0.25) is 9.47 Å². The Morgan fingerprint density at radius 1 is 1.15 bits per heavy atom. The van der Waals surface area contributed by atoms with Crippen LogP contribution in [-0.2, 0) is 15.0 Å². The average molecular weight is 475 g/mol. The molecule has 178 valence electrons. The van der Waals surface area contributed by atoms with E-state index in [0.717, 1.165) is 5.69 Å². The van der Waals surface area contributed by atoms with Gasteiger partial charge >= 0.3 is 12.0 Å². The Hall–Kier alpha value is -2.58. The number of benzene rings is 1. The van der Waals surface area contributed by atoms with Crippen molar-refractivity contribution in [3.05, 3.63) is 40.9 Å². The summed E-state index contributed by atoms with van der Waals surface area (Å²) in [5.41, 5.74) is 0.563. The minimum atomic E-state index is -0.921. The number of nitrogens with zero attached hydrogens (tertiary/aromatic N) is 4. The highest BCUT2D eigenvalue weighted by molar-refractivity contribution is 6.31. The number of imidazole rings is 1. The van der Waals surface area contributed by atoms with Gasteiger partial charge in [0.05, 0.1) is 47.9 Å². The molecule has 0 bridgehead atoms. The van der Waals surface area contributed by atoms with Gasteiger partial charge in [-0.05, 0) is 66.7 Å². The van der Waals surface area contributed by atoms with E-state index in [2.05, 4.69) is 4.98 Å². The number of carbonyl (C=O) groups excluding carboxylic acids is 2. The van der Waals surface area contributed by atoms with Crippen LogP contribution in [0.4, 0.5) is 10.5 Å². The molecule has 0 radical (unpaired) electrons. The topological polar surface area (TPSA) is 76.9 Å². The van der Waals surface area contributed by atoms with Crippen molar-refractivity contribution in [2.75, 3.05) is 18.1 Å². The fraction of sp³-hybridized carbons (Fsp3) is 0.542. The number of hydrogen-bond donors (Lipinski definition) is 0. The zero-order valence-corrected chi connectivity index (χ0v) is 20.9. The van der Waals surface area contributed by atoms with Gasteiger partial charge in [0.15, 0.2) is 5.69 Å². The minimum Gasteiger partial charge on any atom is -0.455 e. The molecule has 4 rings (SSSR count). The van der Waals surface area contributed by atoms with Crippen molar-refractivity contribution in [3.8, 4) is 5.69 Å². The van der Waals surface area contributed by atoms with E-state index >= 15 is 0 Å². The van der Waals surface area contributed by atoms with E-state index in [9.17, 15) is 9.59 Å². The molecule has 1 aromatic carbocycles. The highest BCUT2D eigenvalue weighted by atomic mass is 35.5. The fourth-order valence-corrected chi connectivity index (χ4v) is 4.88. The molecule has 2 aliphatic heterocycles. The van der Waals surface area contributed by atoms with E-state index in [-0.39, 0.29) is 23.8 Å². The number of ether oxygens (including phenoxy) is 2. The second-order valence-corrected chi connectivity index (χ2v) is 10.7. The maximum Gasteiger partial charge on any atom is 0.359 e. The van der Waals surface area contributed by atoms with E-state index < -0.39 is 17.1 Å². The largest absolute Gasteiger partial charge is 0.455 e. The van der Waals surface area contributed by atoms with Crippen LogP contribution in [0, 0.1) is 0 Å². The SMILES string of the molecule is CC1COCC(C)N1C(=O)N1c2cc(Cl)ccc2-n2cnc(C(=O)OC(C)(C)C)c2C1(C)C. The first-order valence-electron chi connectivity index (χ1n) is 11.1. The van der Waals surface area contributed by atoms with Crippen LogP contribution < -0.4 is 4.90 Å². The number of rotatable bonds is 1. The first-order chi connectivity index (χ1) is 15.3. The van der Waals surface area contributed by atoms with Gasteiger partial charge in [-0.1, -0.05) is 11.6 Å². The summed E-state index contributed by atoms with van der Waals surface area (Å²) in [6, 6.07) is 5.01. The van der Waals surface area contributed by atoms with Crippen LogP contribution in [0.3, 0.4) is 0 Å². The number of morpholine rings is 1. The predicted molar refractivity (Wildman–Crippen MR) is 126 cm³/mol. The number of fused-ring (bicyclic) bond motifs is 3. The number of carbonyl (C=O) groups is 2. The standard InChI is InChI=1S/C24H31ClN4O4/c1-14-11-32-12-15(2)28(14)22(31)29-18-10-16(25)8-9-17(18)27-13-26-19(20(27)24(29,6)7)21(30)33-23(3,4)5/h8-10,13-15H,11-12H2,1-7H3. The van der Waals surface area contributed by atoms with Crippen molar-refractivity contribution in [2.45, 2.75) is 71.7 Å². The molecule has 1 aromatic heterocycles. The maximum atomic E-state index is 14.1. The highest BCUT2D eigenvalue weighted by Crippen LogP contribution is 2.45. The lowest BCUT2D eigenvalue weighted by molar-refractivity contribution is -0.0136. The maximum absolute atomic E-state index is 14.1.